The van der Waals surface area contributed by atoms with Crippen molar-refractivity contribution in [3.63, 3.8) is 0 Å². The molecule has 1 amide bonds. The molecule has 15 heavy (non-hydrogen) atoms. The number of nitrogens with zero attached hydrogens (tertiary/aromatic N) is 1. The largest absolute Gasteiger partial charge is 0.480 e. The van der Waals surface area contributed by atoms with Crippen LogP contribution in [0.15, 0.2) is 0 Å². The van der Waals surface area contributed by atoms with Crippen molar-refractivity contribution in [3.05, 3.63) is 0 Å². The van der Waals surface area contributed by atoms with Gasteiger partial charge in [0.25, 0.3) is 0 Å². The van der Waals surface area contributed by atoms with E-state index in [4.69, 9.17) is 5.11 Å². The van der Waals surface area contributed by atoms with Crippen LogP contribution in [-0.4, -0.2) is 53.5 Å². The Morgan fingerprint density at radius 3 is 2.20 bits per heavy atom. The summed E-state index contributed by atoms with van der Waals surface area (Å²) in [6.07, 6.45) is 0.305. The highest BCUT2D eigenvalue weighted by Gasteiger charge is 2.42. The highest BCUT2D eigenvalue weighted by Crippen LogP contribution is 2.48. The molecule has 0 saturated carbocycles. The summed E-state index contributed by atoms with van der Waals surface area (Å²) < 4.78 is 11.8. The van der Waals surface area contributed by atoms with E-state index in [0.29, 0.717) is 13.0 Å². The maximum atomic E-state index is 11.8. The molecule has 5 nitrogen and oxygen atoms in total. The van der Waals surface area contributed by atoms with Crippen LogP contribution in [0.1, 0.15) is 13.3 Å². The predicted octanol–water partition coefficient (Wildman–Crippen LogP) is 0.683. The minimum Gasteiger partial charge on any atom is -0.480 e. The van der Waals surface area contributed by atoms with E-state index in [1.54, 1.807) is 13.3 Å². The summed E-state index contributed by atoms with van der Waals surface area (Å²) in [6.45, 7) is 4.92. The lowest BCUT2D eigenvalue weighted by molar-refractivity contribution is -0.147. The van der Waals surface area contributed by atoms with Crippen molar-refractivity contribution in [2.75, 3.05) is 19.9 Å². The molecular formula is C9H16NO4P. The highest BCUT2D eigenvalue weighted by atomic mass is 31.2. The van der Waals surface area contributed by atoms with Gasteiger partial charge in [-0.25, -0.2) is 4.79 Å². The number of carbonyl (C=O) groups is 2. The third-order valence-electron chi connectivity index (χ3n) is 2.85. The first-order valence-corrected chi connectivity index (χ1v) is 7.45. The molecule has 0 radical (unpaired) electrons. The molecule has 1 aliphatic heterocycles. The molecular weight excluding hydrogens is 217 g/mol. The van der Waals surface area contributed by atoms with Gasteiger partial charge in [-0.15, -0.1) is 0 Å². The zero-order valence-electron chi connectivity index (χ0n) is 9.14. The van der Waals surface area contributed by atoms with Gasteiger partial charge in [0.15, 0.2) is 0 Å². The average molecular weight is 233 g/mol. The highest BCUT2D eigenvalue weighted by molar-refractivity contribution is 7.63. The Kier molecular flexibility index (Phi) is 3.24. The molecule has 0 aromatic carbocycles. The molecule has 6 heteroatoms. The Morgan fingerprint density at radius 1 is 1.40 bits per heavy atom. The number of carbonyl (C=O) groups excluding carboxylic acids is 1. The van der Waals surface area contributed by atoms with Crippen LogP contribution in [-0.2, 0) is 14.2 Å². The van der Waals surface area contributed by atoms with E-state index in [1.807, 2.05) is 0 Å². The van der Waals surface area contributed by atoms with Crippen LogP contribution in [0, 0.1) is 0 Å². The Hall–Kier alpha value is -0.830. The van der Waals surface area contributed by atoms with Crippen molar-refractivity contribution in [2.24, 2.45) is 0 Å². The summed E-state index contributed by atoms with van der Waals surface area (Å²) in [7, 11) is -2.32. The van der Waals surface area contributed by atoms with Gasteiger partial charge in [-0.1, -0.05) is 0 Å². The summed E-state index contributed by atoms with van der Waals surface area (Å²) in [4.78, 5) is 23.4. The van der Waals surface area contributed by atoms with E-state index in [9.17, 15) is 14.2 Å². The molecule has 1 fully saturated rings. The van der Waals surface area contributed by atoms with Crippen molar-refractivity contribution in [1.82, 2.24) is 4.90 Å². The predicted molar refractivity (Wildman–Crippen MR) is 56.7 cm³/mol. The molecule has 1 aliphatic rings. The summed E-state index contributed by atoms with van der Waals surface area (Å²) in [5.74, 6) is -1.28. The number of hydrogen-bond donors (Lipinski definition) is 1. The van der Waals surface area contributed by atoms with Gasteiger partial charge in [0, 0.05) is 19.1 Å². The summed E-state index contributed by atoms with van der Waals surface area (Å²) >= 11 is 0. The Bertz CT molecular complexity index is 313. The zero-order chi connectivity index (χ0) is 11.8. The van der Waals surface area contributed by atoms with Crippen LogP contribution in [0.3, 0.4) is 0 Å². The molecule has 1 rings (SSSR count). The third-order valence-corrected chi connectivity index (χ3v) is 4.98. The Balaban J connectivity index is 2.88. The second-order valence-electron chi connectivity index (χ2n) is 4.35. The topological polar surface area (TPSA) is 74.7 Å². The first-order valence-electron chi connectivity index (χ1n) is 4.78. The minimum atomic E-state index is -2.32. The van der Waals surface area contributed by atoms with Crippen molar-refractivity contribution in [3.8, 4) is 0 Å². The second-order valence-corrected chi connectivity index (χ2v) is 7.95. The molecule has 0 unspecified atom stereocenters. The summed E-state index contributed by atoms with van der Waals surface area (Å²) in [5.41, 5.74) is -0.178. The quantitative estimate of drug-likeness (QED) is 0.712. The zero-order valence-corrected chi connectivity index (χ0v) is 10.0. The molecule has 1 N–H and O–H groups in total. The van der Waals surface area contributed by atoms with E-state index >= 15 is 0 Å². The molecule has 0 spiro atoms. The molecule has 2 atom stereocenters. The van der Waals surface area contributed by atoms with Crippen molar-refractivity contribution in [1.29, 1.82) is 0 Å². The fraction of sp³-hybridized carbons (Fsp3) is 0.778. The molecule has 1 saturated heterocycles. The lowest BCUT2D eigenvalue weighted by Crippen LogP contribution is -2.39. The van der Waals surface area contributed by atoms with Crippen LogP contribution in [0.2, 0.25) is 0 Å². The van der Waals surface area contributed by atoms with Gasteiger partial charge in [-0.3, -0.25) is 4.79 Å². The van der Waals surface area contributed by atoms with Crippen LogP contribution in [0.4, 0.5) is 0 Å². The molecule has 0 aromatic rings. The number of hydrogen-bond acceptors (Lipinski definition) is 3. The summed E-state index contributed by atoms with van der Waals surface area (Å²) in [5, 5.41) is 8.93. The van der Waals surface area contributed by atoms with Crippen LogP contribution in [0.25, 0.3) is 0 Å². The minimum absolute atomic E-state index is 0.178. The fourth-order valence-corrected chi connectivity index (χ4v) is 3.12. The van der Waals surface area contributed by atoms with E-state index in [2.05, 4.69) is 0 Å². The van der Waals surface area contributed by atoms with Crippen LogP contribution >= 0.6 is 7.14 Å². The average Bonchev–Trinajstić information content (AvgIpc) is 2.45. The first kappa shape index (κ1) is 12.2. The van der Waals surface area contributed by atoms with Gasteiger partial charge in [-0.05, 0) is 19.8 Å². The van der Waals surface area contributed by atoms with E-state index < -0.39 is 19.2 Å². The van der Waals surface area contributed by atoms with Gasteiger partial charge < -0.3 is 14.6 Å². The van der Waals surface area contributed by atoms with Gasteiger partial charge in [0.2, 0.25) is 5.91 Å². The summed E-state index contributed by atoms with van der Waals surface area (Å²) in [6, 6.07) is -0.805. The van der Waals surface area contributed by atoms with Crippen LogP contribution < -0.4 is 0 Å². The van der Waals surface area contributed by atoms with Gasteiger partial charge in [0.05, 0.1) is 7.14 Å². The molecule has 86 valence electrons. The normalized spacial score (nSPS) is 26.7. The van der Waals surface area contributed by atoms with Gasteiger partial charge >= 0.3 is 5.97 Å². The molecule has 1 heterocycles. The number of likely N-dealkylation sites (tertiary alicyclic amines) is 1. The first-order chi connectivity index (χ1) is 6.73. The smallest absolute Gasteiger partial charge is 0.326 e. The third kappa shape index (κ3) is 2.59. The SMILES string of the molecule is CC(=O)N1C[C@H](P(C)(C)=O)C[C@@H]1C(=O)O. The van der Waals surface area contributed by atoms with E-state index in [0.717, 1.165) is 0 Å². The van der Waals surface area contributed by atoms with Crippen LogP contribution in [0.5, 0.6) is 0 Å². The monoisotopic (exact) mass is 233 g/mol. The Morgan fingerprint density at radius 2 is 1.93 bits per heavy atom. The lowest BCUT2D eigenvalue weighted by atomic mass is 10.2. The molecule has 0 aliphatic carbocycles. The Labute approximate surface area is 88.8 Å². The van der Waals surface area contributed by atoms with Gasteiger partial charge in [0.1, 0.15) is 6.04 Å². The van der Waals surface area contributed by atoms with Gasteiger partial charge in [-0.2, -0.15) is 0 Å². The van der Waals surface area contributed by atoms with Crippen molar-refractivity contribution in [2.45, 2.75) is 25.0 Å². The number of aliphatic carboxylic acids is 1. The molecule has 0 bridgehead atoms. The number of amides is 1. The van der Waals surface area contributed by atoms with E-state index in [1.165, 1.54) is 11.8 Å². The number of carboxylic acids is 1. The fourth-order valence-electron chi connectivity index (χ4n) is 1.85. The lowest BCUT2D eigenvalue weighted by Gasteiger charge is -2.19. The number of carboxylic acid groups (broad SMARTS) is 1. The maximum Gasteiger partial charge on any atom is 0.326 e. The van der Waals surface area contributed by atoms with E-state index in [-0.39, 0.29) is 11.6 Å². The second kappa shape index (κ2) is 3.97. The standard InChI is InChI=1S/C9H16NO4P/c1-6(11)10-5-7(15(2,3)14)4-8(10)9(12)13/h7-8H,4-5H2,1-3H3,(H,12,13)/t7-,8-/m1/s1. The maximum absolute atomic E-state index is 11.8. The number of rotatable bonds is 2. The molecule has 0 aromatic heterocycles. The van der Waals surface area contributed by atoms with Crippen molar-refractivity contribution < 1.29 is 19.3 Å². The van der Waals surface area contributed by atoms with Crippen molar-refractivity contribution >= 4 is 19.0 Å².